The maximum atomic E-state index is 11.8. The van der Waals surface area contributed by atoms with E-state index < -0.39 is 0 Å². The standard InChI is InChI=1S/C15H15N3O2S/c19-9-11-3-1-10(2-4-11)7-16-8-13-17-12-5-6-21-14(12)15(20)18-13/h1-6,16,19H,7-9H2,(H,17,18,20). The second-order valence-electron chi connectivity index (χ2n) is 4.73. The summed E-state index contributed by atoms with van der Waals surface area (Å²) in [5, 5.41) is 14.1. The molecule has 0 amide bonds. The first kappa shape index (κ1) is 13.9. The van der Waals surface area contributed by atoms with Crippen molar-refractivity contribution >= 4 is 21.6 Å². The molecule has 2 aromatic heterocycles. The topological polar surface area (TPSA) is 78.0 Å². The summed E-state index contributed by atoms with van der Waals surface area (Å²) in [5.74, 6) is 0.637. The van der Waals surface area contributed by atoms with Gasteiger partial charge in [0.2, 0.25) is 0 Å². The average molecular weight is 301 g/mol. The summed E-state index contributed by atoms with van der Waals surface area (Å²) in [5.41, 5.74) is 2.67. The Kier molecular flexibility index (Phi) is 4.10. The van der Waals surface area contributed by atoms with E-state index in [1.54, 1.807) is 0 Å². The lowest BCUT2D eigenvalue weighted by molar-refractivity contribution is 0.282. The minimum atomic E-state index is -0.0842. The summed E-state index contributed by atoms with van der Waals surface area (Å²) in [7, 11) is 0. The van der Waals surface area contributed by atoms with Gasteiger partial charge in [-0.05, 0) is 22.6 Å². The number of aromatic nitrogens is 2. The van der Waals surface area contributed by atoms with E-state index in [1.807, 2.05) is 35.7 Å². The van der Waals surface area contributed by atoms with Gasteiger partial charge in [-0.1, -0.05) is 24.3 Å². The minimum Gasteiger partial charge on any atom is -0.392 e. The van der Waals surface area contributed by atoms with Gasteiger partial charge >= 0.3 is 0 Å². The first-order chi connectivity index (χ1) is 10.3. The summed E-state index contributed by atoms with van der Waals surface area (Å²) >= 11 is 1.40. The number of fused-ring (bicyclic) bond motifs is 1. The zero-order chi connectivity index (χ0) is 14.7. The fourth-order valence-corrected chi connectivity index (χ4v) is 2.82. The van der Waals surface area contributed by atoms with Crippen molar-refractivity contribution in [2.45, 2.75) is 19.7 Å². The second-order valence-corrected chi connectivity index (χ2v) is 5.64. The molecule has 3 aromatic rings. The first-order valence-corrected chi connectivity index (χ1v) is 7.50. The number of hydrogen-bond donors (Lipinski definition) is 3. The van der Waals surface area contributed by atoms with E-state index in [9.17, 15) is 4.79 Å². The SMILES string of the molecule is O=c1[nH]c(CNCc2ccc(CO)cc2)nc2ccsc12. The predicted octanol–water partition coefficient (Wildman–Crippen LogP) is 1.77. The van der Waals surface area contributed by atoms with E-state index >= 15 is 0 Å². The van der Waals surface area contributed by atoms with Crippen molar-refractivity contribution in [3.63, 3.8) is 0 Å². The third kappa shape index (κ3) is 3.18. The molecule has 5 nitrogen and oxygen atoms in total. The van der Waals surface area contributed by atoms with Gasteiger partial charge < -0.3 is 15.4 Å². The molecule has 0 spiro atoms. The van der Waals surface area contributed by atoms with Crippen molar-refractivity contribution in [2.24, 2.45) is 0 Å². The summed E-state index contributed by atoms with van der Waals surface area (Å²) in [6.07, 6.45) is 0. The third-order valence-electron chi connectivity index (χ3n) is 3.19. The van der Waals surface area contributed by atoms with Gasteiger partial charge in [-0.3, -0.25) is 4.79 Å². The Morgan fingerprint density at radius 3 is 2.67 bits per heavy atom. The molecule has 21 heavy (non-hydrogen) atoms. The van der Waals surface area contributed by atoms with Gasteiger partial charge in [0, 0.05) is 6.54 Å². The highest BCUT2D eigenvalue weighted by Gasteiger charge is 2.04. The monoisotopic (exact) mass is 301 g/mol. The molecule has 0 bridgehead atoms. The van der Waals surface area contributed by atoms with Crippen LogP contribution >= 0.6 is 11.3 Å². The Labute approximate surface area is 125 Å². The Morgan fingerprint density at radius 1 is 1.14 bits per heavy atom. The van der Waals surface area contributed by atoms with Crippen LogP contribution < -0.4 is 10.9 Å². The molecule has 108 valence electrons. The number of aliphatic hydroxyl groups is 1. The van der Waals surface area contributed by atoms with E-state index in [-0.39, 0.29) is 12.2 Å². The molecule has 1 aromatic carbocycles. The smallest absolute Gasteiger partial charge is 0.268 e. The predicted molar refractivity (Wildman–Crippen MR) is 83.1 cm³/mol. The fraction of sp³-hybridized carbons (Fsp3) is 0.200. The van der Waals surface area contributed by atoms with Crippen LogP contribution in [0.5, 0.6) is 0 Å². The van der Waals surface area contributed by atoms with Crippen LogP contribution in [0.15, 0.2) is 40.5 Å². The largest absolute Gasteiger partial charge is 0.392 e. The van der Waals surface area contributed by atoms with Crippen LogP contribution in [0.2, 0.25) is 0 Å². The number of hydrogen-bond acceptors (Lipinski definition) is 5. The van der Waals surface area contributed by atoms with Gasteiger partial charge in [-0.15, -0.1) is 11.3 Å². The summed E-state index contributed by atoms with van der Waals surface area (Å²) < 4.78 is 0.665. The van der Waals surface area contributed by atoms with Crippen LogP contribution in [0, 0.1) is 0 Å². The molecule has 0 aliphatic rings. The van der Waals surface area contributed by atoms with Crippen molar-refractivity contribution in [2.75, 3.05) is 0 Å². The normalized spacial score (nSPS) is 11.1. The van der Waals surface area contributed by atoms with Crippen molar-refractivity contribution in [3.8, 4) is 0 Å². The summed E-state index contributed by atoms with van der Waals surface area (Å²) in [4.78, 5) is 19.0. The highest BCUT2D eigenvalue weighted by Crippen LogP contribution is 2.13. The van der Waals surface area contributed by atoms with Crippen molar-refractivity contribution in [1.29, 1.82) is 0 Å². The Balaban J connectivity index is 1.64. The Hall–Kier alpha value is -2.02. The van der Waals surface area contributed by atoms with Crippen LogP contribution in [0.4, 0.5) is 0 Å². The first-order valence-electron chi connectivity index (χ1n) is 6.62. The lowest BCUT2D eigenvalue weighted by Gasteiger charge is -2.05. The number of H-pyrrole nitrogens is 1. The maximum absolute atomic E-state index is 11.8. The molecular formula is C15H15N3O2S. The van der Waals surface area contributed by atoms with Gasteiger partial charge in [-0.2, -0.15) is 0 Å². The molecule has 0 aliphatic carbocycles. The van der Waals surface area contributed by atoms with Crippen molar-refractivity contribution < 1.29 is 5.11 Å². The van der Waals surface area contributed by atoms with E-state index in [1.165, 1.54) is 11.3 Å². The number of aromatic amines is 1. The van der Waals surface area contributed by atoms with Crippen LogP contribution in [-0.2, 0) is 19.7 Å². The number of benzene rings is 1. The van der Waals surface area contributed by atoms with E-state index in [0.717, 1.165) is 16.6 Å². The lowest BCUT2D eigenvalue weighted by atomic mass is 10.1. The van der Waals surface area contributed by atoms with Crippen molar-refractivity contribution in [1.82, 2.24) is 15.3 Å². The second kappa shape index (κ2) is 6.17. The number of nitrogens with one attached hydrogen (secondary N) is 2. The van der Waals surface area contributed by atoms with E-state index in [2.05, 4.69) is 15.3 Å². The zero-order valence-electron chi connectivity index (χ0n) is 11.3. The van der Waals surface area contributed by atoms with Gasteiger partial charge in [0.05, 0.1) is 18.7 Å². The summed E-state index contributed by atoms with van der Waals surface area (Å²) in [6, 6.07) is 9.59. The third-order valence-corrected chi connectivity index (χ3v) is 4.09. The molecule has 0 unspecified atom stereocenters. The number of rotatable bonds is 5. The minimum absolute atomic E-state index is 0.0551. The molecular weight excluding hydrogens is 286 g/mol. The molecule has 3 rings (SSSR count). The molecule has 0 fully saturated rings. The lowest BCUT2D eigenvalue weighted by Crippen LogP contribution is -2.18. The van der Waals surface area contributed by atoms with Crippen LogP contribution in [0.25, 0.3) is 10.2 Å². The zero-order valence-corrected chi connectivity index (χ0v) is 12.1. The van der Waals surface area contributed by atoms with E-state index in [4.69, 9.17) is 5.11 Å². The van der Waals surface area contributed by atoms with Gasteiger partial charge in [0.25, 0.3) is 5.56 Å². The van der Waals surface area contributed by atoms with Gasteiger partial charge in [0.15, 0.2) is 0 Å². The molecule has 0 aliphatic heterocycles. The molecule has 0 saturated heterocycles. The molecule has 6 heteroatoms. The molecule has 3 N–H and O–H groups in total. The number of aliphatic hydroxyl groups excluding tert-OH is 1. The fourth-order valence-electron chi connectivity index (χ4n) is 2.09. The average Bonchev–Trinajstić information content (AvgIpc) is 2.97. The van der Waals surface area contributed by atoms with Crippen molar-refractivity contribution in [3.05, 3.63) is 63.0 Å². The number of nitrogens with zero attached hydrogens (tertiary/aromatic N) is 1. The van der Waals surface area contributed by atoms with Gasteiger partial charge in [-0.25, -0.2) is 4.98 Å². The highest BCUT2D eigenvalue weighted by molar-refractivity contribution is 7.17. The highest BCUT2D eigenvalue weighted by atomic mass is 32.1. The number of thiophene rings is 1. The van der Waals surface area contributed by atoms with Crippen LogP contribution in [-0.4, -0.2) is 15.1 Å². The Morgan fingerprint density at radius 2 is 1.90 bits per heavy atom. The van der Waals surface area contributed by atoms with E-state index in [0.29, 0.717) is 23.6 Å². The molecule has 2 heterocycles. The molecule has 0 saturated carbocycles. The molecule has 0 radical (unpaired) electrons. The Bertz CT molecular complexity index is 793. The van der Waals surface area contributed by atoms with Crippen LogP contribution in [0.3, 0.4) is 0 Å². The quantitative estimate of drug-likeness (QED) is 0.671. The van der Waals surface area contributed by atoms with Crippen LogP contribution in [0.1, 0.15) is 17.0 Å². The van der Waals surface area contributed by atoms with Gasteiger partial charge in [0.1, 0.15) is 10.5 Å². The molecule has 0 atom stereocenters. The maximum Gasteiger partial charge on any atom is 0.268 e. The summed E-state index contributed by atoms with van der Waals surface area (Å²) in [6.45, 7) is 1.24.